The molecule has 2 nitrogen and oxygen atoms in total. The van der Waals surface area contributed by atoms with Crippen LogP contribution in [0.2, 0.25) is 5.02 Å². The minimum atomic E-state index is -0.613. The molecule has 0 saturated carbocycles. The van der Waals surface area contributed by atoms with Crippen LogP contribution in [-0.4, -0.2) is 6.54 Å². The summed E-state index contributed by atoms with van der Waals surface area (Å²) in [5.41, 5.74) is 1.21. The fraction of sp³-hybridized carbons (Fsp3) is 0.200. The van der Waals surface area contributed by atoms with Gasteiger partial charge >= 0.3 is 0 Å². The van der Waals surface area contributed by atoms with Crippen molar-refractivity contribution >= 4 is 17.3 Å². The first-order chi connectivity index (χ1) is 9.56. The highest BCUT2D eigenvalue weighted by atomic mass is 35.5. The molecule has 104 valence electrons. The van der Waals surface area contributed by atoms with Gasteiger partial charge in [0.15, 0.2) is 5.75 Å². The van der Waals surface area contributed by atoms with Crippen LogP contribution in [0.1, 0.15) is 17.2 Å². The van der Waals surface area contributed by atoms with Gasteiger partial charge in [-0.3, -0.25) is 0 Å². The van der Waals surface area contributed by atoms with E-state index in [0.29, 0.717) is 17.3 Å². The number of aryl methyl sites for hydroxylation is 1. The smallest absolute Gasteiger partial charge is 0.162 e. The van der Waals surface area contributed by atoms with Crippen LogP contribution in [0.4, 0.5) is 14.5 Å². The van der Waals surface area contributed by atoms with E-state index < -0.39 is 17.7 Å². The lowest BCUT2D eigenvalue weighted by molar-refractivity contribution is 0.205. The van der Waals surface area contributed by atoms with Gasteiger partial charge in [-0.2, -0.15) is 0 Å². The fourth-order valence-corrected chi connectivity index (χ4v) is 2.46. The molecule has 1 N–H and O–H groups in total. The first-order valence-corrected chi connectivity index (χ1v) is 6.58. The average molecular weight is 296 g/mol. The van der Waals surface area contributed by atoms with Gasteiger partial charge in [-0.1, -0.05) is 17.7 Å². The Kier molecular flexibility index (Phi) is 3.26. The van der Waals surface area contributed by atoms with Crippen LogP contribution in [0, 0.1) is 18.6 Å². The van der Waals surface area contributed by atoms with Crippen LogP contribution in [-0.2, 0) is 0 Å². The van der Waals surface area contributed by atoms with E-state index in [0.717, 1.165) is 5.69 Å². The van der Waals surface area contributed by atoms with Gasteiger partial charge in [0.2, 0.25) is 0 Å². The summed E-state index contributed by atoms with van der Waals surface area (Å²) >= 11 is 6.06. The van der Waals surface area contributed by atoms with Crippen LogP contribution in [0.3, 0.4) is 0 Å². The highest BCUT2D eigenvalue weighted by Crippen LogP contribution is 2.40. The molecule has 0 aromatic heterocycles. The Morgan fingerprint density at radius 3 is 2.85 bits per heavy atom. The Labute approximate surface area is 120 Å². The maximum atomic E-state index is 14.0. The number of nitrogens with one attached hydrogen (secondary N) is 1. The van der Waals surface area contributed by atoms with E-state index in [1.807, 2.05) is 6.07 Å². The summed E-state index contributed by atoms with van der Waals surface area (Å²) in [6.45, 7) is 1.88. The molecule has 0 spiro atoms. The summed E-state index contributed by atoms with van der Waals surface area (Å²) in [5.74, 6) is -0.466. The van der Waals surface area contributed by atoms with Crippen molar-refractivity contribution < 1.29 is 13.5 Å². The van der Waals surface area contributed by atoms with Crippen molar-refractivity contribution in [1.82, 2.24) is 0 Å². The molecule has 1 aliphatic heterocycles. The number of para-hydroxylation sites is 1. The summed E-state index contributed by atoms with van der Waals surface area (Å²) in [5, 5.41) is 3.55. The molecule has 1 aliphatic rings. The molecule has 20 heavy (non-hydrogen) atoms. The molecule has 3 rings (SSSR count). The summed E-state index contributed by atoms with van der Waals surface area (Å²) in [6, 6.07) is 7.67. The lowest BCUT2D eigenvalue weighted by Gasteiger charge is -2.28. The highest BCUT2D eigenvalue weighted by molar-refractivity contribution is 6.32. The Balaban J connectivity index is 1.98. The third kappa shape index (κ3) is 2.20. The van der Waals surface area contributed by atoms with Crippen molar-refractivity contribution in [2.24, 2.45) is 0 Å². The number of halogens is 3. The molecular formula is C15H12ClF2NO. The molecule has 0 bridgehead atoms. The molecule has 2 aromatic carbocycles. The molecule has 0 aliphatic carbocycles. The molecule has 0 radical (unpaired) electrons. The summed E-state index contributed by atoms with van der Waals surface area (Å²) < 4.78 is 33.3. The normalized spacial score (nSPS) is 17.1. The average Bonchev–Trinajstić information content (AvgIpc) is 2.43. The zero-order valence-corrected chi connectivity index (χ0v) is 11.5. The van der Waals surface area contributed by atoms with Gasteiger partial charge in [0.1, 0.15) is 17.7 Å². The monoisotopic (exact) mass is 295 g/mol. The molecule has 1 unspecified atom stereocenters. The summed E-state index contributed by atoms with van der Waals surface area (Å²) in [6.07, 6.45) is -0.613. The number of hydrogen-bond donors (Lipinski definition) is 1. The highest BCUT2D eigenvalue weighted by Gasteiger charge is 2.25. The maximum absolute atomic E-state index is 14.0. The van der Waals surface area contributed by atoms with Crippen molar-refractivity contribution in [3.63, 3.8) is 0 Å². The van der Waals surface area contributed by atoms with Gasteiger partial charge < -0.3 is 10.1 Å². The van der Waals surface area contributed by atoms with Gasteiger partial charge in [-0.25, -0.2) is 8.78 Å². The van der Waals surface area contributed by atoms with Crippen molar-refractivity contribution in [3.05, 3.63) is 58.1 Å². The van der Waals surface area contributed by atoms with Crippen LogP contribution < -0.4 is 10.1 Å². The first-order valence-electron chi connectivity index (χ1n) is 6.21. The largest absolute Gasteiger partial charge is 0.480 e. The molecule has 0 saturated heterocycles. The predicted molar refractivity (Wildman–Crippen MR) is 74.4 cm³/mol. The summed E-state index contributed by atoms with van der Waals surface area (Å²) in [7, 11) is 0. The van der Waals surface area contributed by atoms with Crippen molar-refractivity contribution in [1.29, 1.82) is 0 Å². The van der Waals surface area contributed by atoms with Crippen molar-refractivity contribution in [3.8, 4) is 5.75 Å². The van der Waals surface area contributed by atoms with Gasteiger partial charge in [-0.15, -0.1) is 0 Å². The molecule has 1 atom stereocenters. The van der Waals surface area contributed by atoms with E-state index in [4.69, 9.17) is 16.3 Å². The Hall–Kier alpha value is -1.81. The first kappa shape index (κ1) is 13.2. The van der Waals surface area contributed by atoms with Gasteiger partial charge in [0, 0.05) is 5.56 Å². The Morgan fingerprint density at radius 1 is 1.25 bits per heavy atom. The quantitative estimate of drug-likeness (QED) is 0.838. The topological polar surface area (TPSA) is 21.3 Å². The van der Waals surface area contributed by atoms with Crippen molar-refractivity contribution in [2.75, 3.05) is 11.9 Å². The number of benzene rings is 2. The van der Waals surface area contributed by atoms with E-state index in [1.165, 1.54) is 19.1 Å². The standard InChI is InChI=1S/C15H12ClF2NO/c1-8-5-12(18)9(6-11(8)17)14-7-19-13-4-2-3-10(16)15(13)20-14/h2-6,14,19H,7H2,1H3. The van der Waals surface area contributed by atoms with Crippen LogP contribution >= 0.6 is 11.6 Å². The minimum Gasteiger partial charge on any atom is -0.480 e. The van der Waals surface area contributed by atoms with Crippen LogP contribution in [0.15, 0.2) is 30.3 Å². The van der Waals surface area contributed by atoms with E-state index in [2.05, 4.69) is 5.32 Å². The van der Waals surface area contributed by atoms with E-state index >= 15 is 0 Å². The van der Waals surface area contributed by atoms with Crippen LogP contribution in [0.5, 0.6) is 5.75 Å². The second-order valence-electron chi connectivity index (χ2n) is 4.73. The second kappa shape index (κ2) is 4.94. The third-order valence-electron chi connectivity index (χ3n) is 3.33. The third-order valence-corrected chi connectivity index (χ3v) is 3.63. The predicted octanol–water partition coefficient (Wildman–Crippen LogP) is 4.47. The zero-order chi connectivity index (χ0) is 14.3. The van der Waals surface area contributed by atoms with Crippen LogP contribution in [0.25, 0.3) is 0 Å². The van der Waals surface area contributed by atoms with E-state index in [1.54, 1.807) is 12.1 Å². The molecular weight excluding hydrogens is 284 g/mol. The molecule has 1 heterocycles. The minimum absolute atomic E-state index is 0.186. The number of ether oxygens (including phenoxy) is 1. The van der Waals surface area contributed by atoms with Gasteiger partial charge in [0.05, 0.1) is 17.3 Å². The van der Waals surface area contributed by atoms with Gasteiger partial charge in [0.25, 0.3) is 0 Å². The number of anilines is 1. The Bertz CT molecular complexity index is 675. The SMILES string of the molecule is Cc1cc(F)c(C2CNc3cccc(Cl)c3O2)cc1F. The van der Waals surface area contributed by atoms with E-state index in [9.17, 15) is 8.78 Å². The molecule has 0 amide bonds. The molecule has 0 fully saturated rings. The molecule has 2 aromatic rings. The second-order valence-corrected chi connectivity index (χ2v) is 5.13. The Morgan fingerprint density at radius 2 is 2.05 bits per heavy atom. The lowest BCUT2D eigenvalue weighted by atomic mass is 10.0. The number of fused-ring (bicyclic) bond motifs is 1. The number of hydrogen-bond acceptors (Lipinski definition) is 2. The fourth-order valence-electron chi connectivity index (χ4n) is 2.24. The lowest BCUT2D eigenvalue weighted by Crippen LogP contribution is -2.24. The van der Waals surface area contributed by atoms with Gasteiger partial charge in [-0.05, 0) is 36.8 Å². The van der Waals surface area contributed by atoms with Crippen molar-refractivity contribution in [2.45, 2.75) is 13.0 Å². The van der Waals surface area contributed by atoms with E-state index in [-0.39, 0.29) is 11.1 Å². The zero-order valence-electron chi connectivity index (χ0n) is 10.7. The summed E-state index contributed by atoms with van der Waals surface area (Å²) in [4.78, 5) is 0. The maximum Gasteiger partial charge on any atom is 0.162 e. The number of rotatable bonds is 1. The molecule has 5 heteroatoms.